The van der Waals surface area contributed by atoms with Crippen LogP contribution in [0, 0.1) is 0 Å². The third-order valence-electron chi connectivity index (χ3n) is 0.347. The fourth-order valence-electron chi connectivity index (χ4n) is 0.157. The number of nitrogens with zero attached hydrogens (tertiary/aromatic N) is 1. The monoisotopic (exact) mass is 102 g/mol. The minimum absolute atomic E-state index is 0.558. The zero-order chi connectivity index (χ0) is 5.70. The van der Waals surface area contributed by atoms with Gasteiger partial charge in [0.2, 0.25) is 0 Å². The van der Waals surface area contributed by atoms with Crippen molar-refractivity contribution < 1.29 is 4.79 Å². The first kappa shape index (κ1) is 6.23. The molecule has 4 heteroatoms. The third kappa shape index (κ3) is 5.23. The zero-order valence-corrected chi connectivity index (χ0v) is 4.14. The number of hydrogen-bond acceptors (Lipinski definition) is 1. The highest BCUT2D eigenvalue weighted by atomic mass is 16.2. The molecular weight excluding hydrogens is 94.1 g/mol. The summed E-state index contributed by atoms with van der Waals surface area (Å²) in [5.41, 5.74) is 10.1. The fraction of sp³-hybridized carbons (Fsp3) is 0.667. The number of primary amides is 1. The summed E-state index contributed by atoms with van der Waals surface area (Å²) in [6, 6.07) is -0.609. The molecule has 0 fully saturated rings. The lowest BCUT2D eigenvalue weighted by Gasteiger charge is -1.93. The molecule has 0 heterocycles. The average Bonchev–Trinajstić information content (AvgIpc) is 1.61. The fourth-order valence-corrected chi connectivity index (χ4v) is 0.157. The predicted molar refractivity (Wildman–Crippen MR) is 25.4 cm³/mol. The number of hydrogen-bond donors (Lipinski definition) is 2. The van der Waals surface area contributed by atoms with Crippen LogP contribution in [0.5, 0.6) is 0 Å². The maximum absolute atomic E-state index is 9.78. The minimum atomic E-state index is -0.609. The normalized spacial score (nSPS) is 8.14. The van der Waals surface area contributed by atoms with Crippen LogP contribution in [-0.2, 0) is 0 Å². The predicted octanol–water partition coefficient (Wildman–Crippen LogP) is -0.806. The Kier molecular flexibility index (Phi) is 3.04. The molecule has 0 spiro atoms. The van der Waals surface area contributed by atoms with E-state index in [1.165, 1.54) is 0 Å². The second-order valence-electron chi connectivity index (χ2n) is 0.950. The number of amides is 2. The van der Waals surface area contributed by atoms with Crippen molar-refractivity contribution >= 4 is 6.03 Å². The van der Waals surface area contributed by atoms with E-state index in [-0.39, 0.29) is 0 Å². The van der Waals surface area contributed by atoms with E-state index in [0.29, 0.717) is 6.54 Å². The number of carbonyl (C=O) groups is 1. The molecule has 0 aromatic heterocycles. The quantitative estimate of drug-likeness (QED) is 0.440. The Morgan fingerprint density at radius 3 is 2.71 bits per heavy atom. The van der Waals surface area contributed by atoms with Gasteiger partial charge in [0, 0.05) is 6.54 Å². The van der Waals surface area contributed by atoms with Gasteiger partial charge in [0.25, 0.3) is 0 Å². The van der Waals surface area contributed by atoms with Crippen LogP contribution in [0.3, 0.4) is 0 Å². The summed E-state index contributed by atoms with van der Waals surface area (Å²) in [7, 11) is 0. The molecule has 0 saturated carbocycles. The lowest BCUT2D eigenvalue weighted by molar-refractivity contribution is 0.244. The number of nitrogens with one attached hydrogen (secondary N) is 1. The Hall–Kier alpha value is -0.770. The van der Waals surface area contributed by atoms with Crippen LogP contribution in [-0.4, -0.2) is 12.6 Å². The van der Waals surface area contributed by atoms with Crippen molar-refractivity contribution in [3.8, 4) is 0 Å². The second-order valence-corrected chi connectivity index (χ2v) is 0.950. The summed E-state index contributed by atoms with van der Waals surface area (Å²) in [5.74, 6) is 0. The summed E-state index contributed by atoms with van der Waals surface area (Å²) >= 11 is 0. The van der Waals surface area contributed by atoms with E-state index in [1.807, 2.05) is 0 Å². The average molecular weight is 102 g/mol. The SMILES string of the molecule is CC[N]NC(N)=O. The first-order valence-corrected chi connectivity index (χ1v) is 1.99. The van der Waals surface area contributed by atoms with E-state index in [2.05, 4.69) is 16.6 Å². The Morgan fingerprint density at radius 1 is 2.00 bits per heavy atom. The smallest absolute Gasteiger partial charge is 0.327 e. The van der Waals surface area contributed by atoms with E-state index < -0.39 is 6.03 Å². The first-order valence-electron chi connectivity index (χ1n) is 1.99. The molecule has 0 bridgehead atoms. The highest BCUT2D eigenvalue weighted by Crippen LogP contribution is 1.50. The van der Waals surface area contributed by atoms with E-state index in [4.69, 9.17) is 0 Å². The van der Waals surface area contributed by atoms with Gasteiger partial charge in [-0.25, -0.2) is 4.79 Å². The molecule has 7 heavy (non-hydrogen) atoms. The Morgan fingerprint density at radius 2 is 2.57 bits per heavy atom. The van der Waals surface area contributed by atoms with Gasteiger partial charge < -0.3 is 5.73 Å². The molecule has 0 aromatic carbocycles. The molecule has 0 aliphatic heterocycles. The van der Waals surface area contributed by atoms with Crippen molar-refractivity contribution in [2.75, 3.05) is 6.54 Å². The van der Waals surface area contributed by atoms with Crippen molar-refractivity contribution in [2.24, 2.45) is 5.73 Å². The van der Waals surface area contributed by atoms with Gasteiger partial charge in [0.15, 0.2) is 0 Å². The molecule has 0 rings (SSSR count). The molecule has 0 unspecified atom stereocenters. The molecule has 0 aliphatic carbocycles. The minimum Gasteiger partial charge on any atom is -0.351 e. The molecule has 1 radical (unpaired) electrons. The van der Waals surface area contributed by atoms with Gasteiger partial charge in [-0.1, -0.05) is 0 Å². The van der Waals surface area contributed by atoms with Gasteiger partial charge in [0.1, 0.15) is 0 Å². The van der Waals surface area contributed by atoms with E-state index in [9.17, 15) is 4.79 Å². The van der Waals surface area contributed by atoms with Crippen LogP contribution >= 0.6 is 0 Å². The molecule has 4 nitrogen and oxygen atoms in total. The van der Waals surface area contributed by atoms with Gasteiger partial charge in [-0.3, -0.25) is 5.43 Å². The molecular formula is C3H8N3O. The van der Waals surface area contributed by atoms with Gasteiger partial charge in [-0.05, 0) is 6.92 Å². The molecule has 0 aromatic rings. The van der Waals surface area contributed by atoms with Gasteiger partial charge in [-0.15, -0.1) is 5.43 Å². The lowest BCUT2D eigenvalue weighted by atomic mass is 10.8. The van der Waals surface area contributed by atoms with Crippen molar-refractivity contribution in [1.29, 1.82) is 0 Å². The van der Waals surface area contributed by atoms with Crippen LogP contribution in [0.1, 0.15) is 6.92 Å². The first-order chi connectivity index (χ1) is 3.27. The summed E-state index contributed by atoms with van der Waals surface area (Å²) in [4.78, 5) is 9.78. The summed E-state index contributed by atoms with van der Waals surface area (Å²) in [6.45, 7) is 2.36. The largest absolute Gasteiger partial charge is 0.351 e. The van der Waals surface area contributed by atoms with E-state index in [0.717, 1.165) is 0 Å². The highest BCUT2D eigenvalue weighted by Gasteiger charge is 1.84. The van der Waals surface area contributed by atoms with Gasteiger partial charge >= 0.3 is 6.03 Å². The van der Waals surface area contributed by atoms with E-state index in [1.54, 1.807) is 6.92 Å². The van der Waals surface area contributed by atoms with Crippen LogP contribution in [0.15, 0.2) is 0 Å². The number of nitrogens with two attached hydrogens (primary N) is 1. The van der Waals surface area contributed by atoms with Gasteiger partial charge in [-0.2, -0.15) is 0 Å². The standard InChI is InChI=1S/C3H8N3O/c1-2-5-6-3(4)7/h2H2,1H3,(H3,4,6,7). The Bertz CT molecular complexity index is 63.2. The van der Waals surface area contributed by atoms with Gasteiger partial charge in [0.05, 0.1) is 0 Å². The summed E-state index contributed by atoms with van der Waals surface area (Å²) in [6.07, 6.45) is 0. The second kappa shape index (κ2) is 3.42. The maximum Gasteiger partial charge on any atom is 0.327 e. The Balaban J connectivity index is 2.82. The van der Waals surface area contributed by atoms with Crippen molar-refractivity contribution in [1.82, 2.24) is 10.9 Å². The van der Waals surface area contributed by atoms with Crippen LogP contribution in [0.25, 0.3) is 0 Å². The number of urea groups is 1. The highest BCUT2D eigenvalue weighted by molar-refractivity contribution is 5.70. The Labute approximate surface area is 42.0 Å². The van der Waals surface area contributed by atoms with Crippen LogP contribution in [0.4, 0.5) is 4.79 Å². The lowest BCUT2D eigenvalue weighted by Crippen LogP contribution is -2.35. The summed E-state index contributed by atoms with van der Waals surface area (Å²) in [5, 5.41) is 0. The molecule has 3 N–H and O–H groups in total. The van der Waals surface area contributed by atoms with Crippen LogP contribution < -0.4 is 16.6 Å². The third-order valence-corrected chi connectivity index (χ3v) is 0.347. The summed E-state index contributed by atoms with van der Waals surface area (Å²) < 4.78 is 0. The molecule has 0 atom stereocenters. The maximum atomic E-state index is 9.78. The molecule has 2 amide bonds. The van der Waals surface area contributed by atoms with Crippen molar-refractivity contribution in [2.45, 2.75) is 6.92 Å². The van der Waals surface area contributed by atoms with Crippen LogP contribution in [0.2, 0.25) is 0 Å². The topological polar surface area (TPSA) is 69.2 Å². The zero-order valence-electron chi connectivity index (χ0n) is 4.14. The molecule has 0 aliphatic rings. The van der Waals surface area contributed by atoms with Crippen molar-refractivity contribution in [3.05, 3.63) is 0 Å². The number of rotatable bonds is 2. The molecule has 0 saturated heterocycles. The van der Waals surface area contributed by atoms with E-state index >= 15 is 0 Å². The molecule has 41 valence electrons. The van der Waals surface area contributed by atoms with Crippen molar-refractivity contribution in [3.63, 3.8) is 0 Å². The number of carbonyl (C=O) groups excluding carboxylic acids is 1.